The molecule has 3 aromatic rings. The number of thioether (sulfide) groups is 1. The number of ether oxygens (including phenoxy) is 1. The predicted octanol–water partition coefficient (Wildman–Crippen LogP) is 4.48. The normalized spacial score (nSPS) is 15.4. The van der Waals surface area contributed by atoms with Crippen molar-refractivity contribution in [3.8, 4) is 17.3 Å². The molecule has 2 heterocycles. The number of benzene rings is 2. The highest BCUT2D eigenvalue weighted by molar-refractivity contribution is 8.00. The van der Waals surface area contributed by atoms with Gasteiger partial charge in [-0.2, -0.15) is 5.26 Å². The second-order valence-corrected chi connectivity index (χ2v) is 8.71. The van der Waals surface area contributed by atoms with Crippen LogP contribution in [-0.4, -0.2) is 35.1 Å². The van der Waals surface area contributed by atoms with Crippen LogP contribution in [0.2, 0.25) is 5.02 Å². The molecule has 1 fully saturated rings. The molecule has 1 saturated heterocycles. The summed E-state index contributed by atoms with van der Waals surface area (Å²) in [6.07, 6.45) is -0.0278. The van der Waals surface area contributed by atoms with Crippen molar-refractivity contribution in [3.05, 3.63) is 76.8 Å². The zero-order valence-corrected chi connectivity index (χ0v) is 18.9. The Labute approximate surface area is 198 Å². The Morgan fingerprint density at radius 3 is 2.45 bits per heavy atom. The van der Waals surface area contributed by atoms with E-state index < -0.39 is 17.1 Å². The number of amides is 2. The van der Waals surface area contributed by atoms with Gasteiger partial charge in [-0.05, 0) is 48.5 Å². The van der Waals surface area contributed by atoms with Crippen LogP contribution in [-0.2, 0) is 14.3 Å². The number of nitrogens with zero attached hydrogens (tertiary/aromatic N) is 3. The molecule has 1 aromatic heterocycles. The molecule has 0 bridgehead atoms. The standard InChI is InChI=1S/C24H16ClN3O4S/c1-32-24(31)15-4-9-18(10-5-15)28-21(29)12-20(23(28)30)33-22-16(13-26)6-11-19(27-22)14-2-7-17(25)8-3-14/h2-11,20H,12H2,1H3. The molecule has 2 aromatic carbocycles. The van der Waals surface area contributed by atoms with E-state index in [9.17, 15) is 19.6 Å². The molecule has 164 valence electrons. The van der Waals surface area contributed by atoms with Crippen LogP contribution >= 0.6 is 23.4 Å². The fraction of sp³-hybridized carbons (Fsp3) is 0.125. The van der Waals surface area contributed by atoms with Gasteiger partial charge in [0.1, 0.15) is 11.1 Å². The van der Waals surface area contributed by atoms with Crippen LogP contribution in [0.25, 0.3) is 11.3 Å². The number of esters is 1. The summed E-state index contributed by atoms with van der Waals surface area (Å²) in [6.45, 7) is 0. The van der Waals surface area contributed by atoms with Crippen LogP contribution in [0.15, 0.2) is 65.7 Å². The van der Waals surface area contributed by atoms with Crippen LogP contribution < -0.4 is 4.90 Å². The van der Waals surface area contributed by atoms with E-state index in [2.05, 4.69) is 15.8 Å². The van der Waals surface area contributed by atoms with Gasteiger partial charge in [-0.25, -0.2) is 14.7 Å². The van der Waals surface area contributed by atoms with Crippen molar-refractivity contribution in [3.63, 3.8) is 0 Å². The first kappa shape index (κ1) is 22.5. The molecule has 1 unspecified atom stereocenters. The molecule has 0 saturated carbocycles. The van der Waals surface area contributed by atoms with Crippen LogP contribution in [0.5, 0.6) is 0 Å². The fourth-order valence-corrected chi connectivity index (χ4v) is 4.58. The van der Waals surface area contributed by atoms with Gasteiger partial charge >= 0.3 is 5.97 Å². The van der Waals surface area contributed by atoms with E-state index in [0.717, 1.165) is 22.2 Å². The third kappa shape index (κ3) is 4.60. The zero-order chi connectivity index (χ0) is 23.5. The number of rotatable bonds is 5. The topological polar surface area (TPSA) is 100 Å². The number of hydrogen-bond donors (Lipinski definition) is 0. The highest BCUT2D eigenvalue weighted by Gasteiger charge is 2.40. The van der Waals surface area contributed by atoms with Gasteiger partial charge < -0.3 is 4.74 Å². The number of carbonyl (C=O) groups excluding carboxylic acids is 3. The highest BCUT2D eigenvalue weighted by Crippen LogP contribution is 2.35. The highest BCUT2D eigenvalue weighted by atomic mass is 35.5. The van der Waals surface area contributed by atoms with Gasteiger partial charge in [-0.1, -0.05) is 35.5 Å². The largest absolute Gasteiger partial charge is 0.465 e. The van der Waals surface area contributed by atoms with E-state index in [-0.39, 0.29) is 12.3 Å². The number of nitriles is 1. The van der Waals surface area contributed by atoms with Gasteiger partial charge in [0.15, 0.2) is 0 Å². The van der Waals surface area contributed by atoms with Crippen molar-refractivity contribution in [2.24, 2.45) is 0 Å². The fourth-order valence-electron chi connectivity index (χ4n) is 3.36. The van der Waals surface area contributed by atoms with Gasteiger partial charge in [0, 0.05) is 17.0 Å². The molecule has 2 amide bonds. The molecule has 4 rings (SSSR count). The van der Waals surface area contributed by atoms with Gasteiger partial charge in [-0.3, -0.25) is 9.59 Å². The monoisotopic (exact) mass is 477 g/mol. The Kier molecular flexibility index (Phi) is 6.45. The van der Waals surface area contributed by atoms with Crippen molar-refractivity contribution in [1.82, 2.24) is 4.98 Å². The first-order valence-electron chi connectivity index (χ1n) is 9.80. The lowest BCUT2D eigenvalue weighted by Gasteiger charge is -2.15. The Morgan fingerprint density at radius 2 is 1.82 bits per heavy atom. The van der Waals surface area contributed by atoms with E-state index in [4.69, 9.17) is 11.6 Å². The summed E-state index contributed by atoms with van der Waals surface area (Å²) >= 11 is 7.04. The Morgan fingerprint density at radius 1 is 1.12 bits per heavy atom. The lowest BCUT2D eigenvalue weighted by Crippen LogP contribution is -2.31. The number of imide groups is 1. The molecular formula is C24H16ClN3O4S. The third-order valence-corrected chi connectivity index (χ3v) is 6.47. The maximum Gasteiger partial charge on any atom is 0.337 e. The molecule has 1 aliphatic heterocycles. The van der Waals surface area contributed by atoms with Gasteiger partial charge in [0.05, 0.1) is 34.9 Å². The van der Waals surface area contributed by atoms with Gasteiger partial charge in [-0.15, -0.1) is 0 Å². The number of halogens is 1. The van der Waals surface area contributed by atoms with E-state index in [1.807, 2.05) is 12.1 Å². The van der Waals surface area contributed by atoms with Crippen molar-refractivity contribution in [1.29, 1.82) is 5.26 Å². The van der Waals surface area contributed by atoms with E-state index in [1.165, 1.54) is 31.4 Å². The predicted molar refractivity (Wildman–Crippen MR) is 124 cm³/mol. The molecule has 0 spiro atoms. The minimum absolute atomic E-state index is 0.0278. The van der Waals surface area contributed by atoms with Crippen LogP contribution in [0.1, 0.15) is 22.3 Å². The van der Waals surface area contributed by atoms with Gasteiger partial charge in [0.2, 0.25) is 11.8 Å². The van der Waals surface area contributed by atoms with Crippen LogP contribution in [0.3, 0.4) is 0 Å². The Balaban J connectivity index is 1.58. The Hall–Kier alpha value is -3.67. The zero-order valence-electron chi connectivity index (χ0n) is 17.3. The number of pyridine rings is 1. The summed E-state index contributed by atoms with van der Waals surface area (Å²) in [7, 11) is 1.27. The summed E-state index contributed by atoms with van der Waals surface area (Å²) in [5.74, 6) is -1.28. The average molecular weight is 478 g/mol. The number of carbonyl (C=O) groups is 3. The molecule has 0 radical (unpaired) electrons. The Bertz CT molecular complexity index is 1290. The molecule has 0 aliphatic carbocycles. The van der Waals surface area contributed by atoms with Crippen molar-refractivity contribution < 1.29 is 19.1 Å². The van der Waals surface area contributed by atoms with Crippen LogP contribution in [0.4, 0.5) is 5.69 Å². The number of aromatic nitrogens is 1. The first-order chi connectivity index (χ1) is 15.9. The SMILES string of the molecule is COC(=O)c1ccc(N2C(=O)CC(Sc3nc(-c4ccc(Cl)cc4)ccc3C#N)C2=O)cc1. The lowest BCUT2D eigenvalue weighted by molar-refractivity contribution is -0.121. The molecule has 1 atom stereocenters. The second-order valence-electron chi connectivity index (χ2n) is 7.08. The second kappa shape index (κ2) is 9.45. The number of methoxy groups -OCH3 is 1. The minimum atomic E-state index is -0.724. The van der Waals surface area contributed by atoms with Crippen molar-refractivity contribution >= 4 is 46.8 Å². The molecular weight excluding hydrogens is 462 g/mol. The molecule has 33 heavy (non-hydrogen) atoms. The minimum Gasteiger partial charge on any atom is -0.465 e. The summed E-state index contributed by atoms with van der Waals surface area (Å²) in [4.78, 5) is 43.0. The summed E-state index contributed by atoms with van der Waals surface area (Å²) in [6, 6.07) is 18.6. The van der Waals surface area contributed by atoms with E-state index >= 15 is 0 Å². The third-order valence-electron chi connectivity index (χ3n) is 5.03. The van der Waals surface area contributed by atoms with E-state index in [1.54, 1.807) is 24.3 Å². The van der Waals surface area contributed by atoms with Crippen molar-refractivity contribution in [2.45, 2.75) is 16.7 Å². The summed E-state index contributed by atoms with van der Waals surface area (Å²) < 4.78 is 4.67. The molecule has 0 N–H and O–H groups in total. The van der Waals surface area contributed by atoms with Crippen LogP contribution in [0, 0.1) is 11.3 Å². The molecule has 1 aliphatic rings. The number of anilines is 1. The maximum atomic E-state index is 13.1. The lowest BCUT2D eigenvalue weighted by atomic mass is 10.1. The number of hydrogen-bond acceptors (Lipinski definition) is 7. The first-order valence-corrected chi connectivity index (χ1v) is 11.1. The summed E-state index contributed by atoms with van der Waals surface area (Å²) in [5.41, 5.74) is 2.43. The smallest absolute Gasteiger partial charge is 0.337 e. The quantitative estimate of drug-likeness (QED) is 0.394. The summed E-state index contributed by atoms with van der Waals surface area (Å²) in [5, 5.41) is 9.75. The maximum absolute atomic E-state index is 13.1. The average Bonchev–Trinajstić information content (AvgIpc) is 3.11. The van der Waals surface area contributed by atoms with E-state index in [0.29, 0.717) is 32.6 Å². The molecule has 7 nitrogen and oxygen atoms in total. The van der Waals surface area contributed by atoms with Gasteiger partial charge in [0.25, 0.3) is 0 Å². The van der Waals surface area contributed by atoms with Crippen molar-refractivity contribution in [2.75, 3.05) is 12.0 Å². The molecule has 9 heteroatoms.